The minimum Gasteiger partial charge on any atom is -0.392 e. The molecule has 6 heavy (non-hydrogen) atoms. The van der Waals surface area contributed by atoms with Crippen molar-refractivity contribution in [3.05, 3.63) is 6.92 Å². The van der Waals surface area contributed by atoms with Crippen LogP contribution >= 0.6 is 0 Å². The summed E-state index contributed by atoms with van der Waals surface area (Å²) in [5, 5.41) is 16.0. The van der Waals surface area contributed by atoms with E-state index < -0.39 is 6.10 Å². The molecule has 2 nitrogen and oxygen atoms in total. The Morgan fingerprint density at radius 2 is 2.50 bits per heavy atom. The molecular weight excluding hydrogens is 78.0 g/mol. The molecule has 1 unspecified atom stereocenters. The third kappa shape index (κ3) is 3.45. The zero-order valence-electron chi connectivity index (χ0n) is 3.39. The number of aliphatic hydroxyl groups is 1. The van der Waals surface area contributed by atoms with Gasteiger partial charge < -0.3 is 5.11 Å². The van der Waals surface area contributed by atoms with Crippen LogP contribution in [0.25, 0.3) is 0 Å². The number of hydrogen-bond acceptors (Lipinski definition) is 2. The van der Waals surface area contributed by atoms with Crippen molar-refractivity contribution in [2.45, 2.75) is 12.5 Å². The van der Waals surface area contributed by atoms with Crippen molar-refractivity contribution >= 4 is 0 Å². The van der Waals surface area contributed by atoms with Gasteiger partial charge in [-0.2, -0.15) is 5.26 Å². The average Bonchev–Trinajstić information content (AvgIpc) is 1.35. The molecule has 2 heteroatoms. The van der Waals surface area contributed by atoms with Crippen LogP contribution in [-0.2, 0) is 0 Å². The molecule has 0 amide bonds. The maximum Gasteiger partial charge on any atom is 0.0671 e. The topological polar surface area (TPSA) is 44.0 Å². The molecule has 0 aliphatic heterocycles. The van der Waals surface area contributed by atoms with Crippen molar-refractivity contribution in [2.75, 3.05) is 0 Å². The summed E-state index contributed by atoms with van der Waals surface area (Å²) in [6.07, 6.45) is -0.588. The Morgan fingerprint density at radius 1 is 2.00 bits per heavy atom. The Labute approximate surface area is 37.0 Å². The first-order valence-corrected chi connectivity index (χ1v) is 1.65. The van der Waals surface area contributed by atoms with E-state index in [1.165, 1.54) is 0 Å². The third-order valence-corrected chi connectivity index (χ3v) is 0.327. The van der Waals surface area contributed by atoms with Gasteiger partial charge in [-0.3, -0.25) is 0 Å². The highest BCUT2D eigenvalue weighted by Gasteiger charge is 1.87. The van der Waals surface area contributed by atoms with Gasteiger partial charge in [0.05, 0.1) is 18.6 Å². The van der Waals surface area contributed by atoms with Crippen molar-refractivity contribution < 1.29 is 5.11 Å². The molecule has 1 atom stereocenters. The highest BCUT2D eigenvalue weighted by Crippen LogP contribution is 1.81. The summed E-state index contributed by atoms with van der Waals surface area (Å²) in [4.78, 5) is 0. The molecule has 33 valence electrons. The second-order valence-electron chi connectivity index (χ2n) is 1.02. The predicted octanol–water partition coefficient (Wildman–Crippen LogP) is 0.0951. The van der Waals surface area contributed by atoms with Crippen LogP contribution in [0.15, 0.2) is 0 Å². The van der Waals surface area contributed by atoms with Crippen molar-refractivity contribution in [2.24, 2.45) is 0 Å². The van der Waals surface area contributed by atoms with Crippen LogP contribution in [0.4, 0.5) is 0 Å². The molecule has 0 aromatic carbocycles. The molecule has 0 saturated carbocycles. The van der Waals surface area contributed by atoms with Gasteiger partial charge in [0.25, 0.3) is 0 Å². The van der Waals surface area contributed by atoms with E-state index in [0.29, 0.717) is 0 Å². The highest BCUT2D eigenvalue weighted by atomic mass is 16.3. The lowest BCUT2D eigenvalue weighted by atomic mass is 10.3. The molecule has 1 N–H and O–H groups in total. The van der Waals surface area contributed by atoms with Crippen LogP contribution in [0.2, 0.25) is 0 Å². The quantitative estimate of drug-likeness (QED) is 0.489. The number of hydrogen-bond donors (Lipinski definition) is 1. The molecule has 0 heterocycles. The lowest BCUT2D eigenvalue weighted by Gasteiger charge is -1.88. The van der Waals surface area contributed by atoms with Gasteiger partial charge >= 0.3 is 0 Å². The summed E-state index contributed by atoms with van der Waals surface area (Å²) in [6.45, 7) is 3.16. The van der Waals surface area contributed by atoms with E-state index >= 15 is 0 Å². The van der Waals surface area contributed by atoms with Crippen LogP contribution in [0.3, 0.4) is 0 Å². The van der Waals surface area contributed by atoms with Gasteiger partial charge in [0.1, 0.15) is 0 Å². The van der Waals surface area contributed by atoms with Gasteiger partial charge in [0, 0.05) is 0 Å². The van der Waals surface area contributed by atoms with Crippen molar-refractivity contribution in [3.8, 4) is 6.07 Å². The van der Waals surface area contributed by atoms with Gasteiger partial charge in [0.2, 0.25) is 0 Å². The molecule has 0 aliphatic carbocycles. The van der Waals surface area contributed by atoms with E-state index in [0.717, 1.165) is 0 Å². The summed E-state index contributed by atoms with van der Waals surface area (Å²) >= 11 is 0. The zero-order chi connectivity index (χ0) is 4.99. The minimum absolute atomic E-state index is 0.125. The van der Waals surface area contributed by atoms with E-state index in [1.54, 1.807) is 6.07 Å². The van der Waals surface area contributed by atoms with Crippen LogP contribution in [-0.4, -0.2) is 11.2 Å². The normalized spacial score (nSPS) is 12.8. The summed E-state index contributed by atoms with van der Waals surface area (Å²) < 4.78 is 0. The second kappa shape index (κ2) is 2.67. The smallest absolute Gasteiger partial charge is 0.0671 e. The molecule has 0 bridgehead atoms. The third-order valence-electron chi connectivity index (χ3n) is 0.327. The van der Waals surface area contributed by atoms with Gasteiger partial charge in [-0.15, -0.1) is 0 Å². The van der Waals surface area contributed by atoms with Crippen LogP contribution < -0.4 is 0 Å². The van der Waals surface area contributed by atoms with E-state index in [4.69, 9.17) is 10.4 Å². The fourth-order valence-electron chi connectivity index (χ4n) is 0.105. The van der Waals surface area contributed by atoms with Crippen LogP contribution in [0, 0.1) is 18.3 Å². The molecule has 0 rings (SSSR count). The first kappa shape index (κ1) is 5.45. The summed E-state index contributed by atoms with van der Waals surface area (Å²) in [6, 6.07) is 1.75. The van der Waals surface area contributed by atoms with Crippen LogP contribution in [0.5, 0.6) is 0 Å². The first-order chi connectivity index (χ1) is 2.77. The summed E-state index contributed by atoms with van der Waals surface area (Å²) in [5.74, 6) is 0. The standard InChI is InChI=1S/C4H6NO/c1-4(6)2-3-5/h4,6H,1-2H2. The van der Waals surface area contributed by atoms with Gasteiger partial charge in [-0.05, 0) is 6.92 Å². The van der Waals surface area contributed by atoms with E-state index in [2.05, 4.69) is 6.92 Å². The lowest BCUT2D eigenvalue weighted by Crippen LogP contribution is -1.95. The van der Waals surface area contributed by atoms with Crippen molar-refractivity contribution in [1.82, 2.24) is 0 Å². The fraction of sp³-hybridized carbons (Fsp3) is 0.500. The average molecular weight is 84.1 g/mol. The molecule has 0 fully saturated rings. The largest absolute Gasteiger partial charge is 0.392 e. The maximum absolute atomic E-state index is 8.22. The maximum atomic E-state index is 8.22. The second-order valence-corrected chi connectivity index (χ2v) is 1.02. The fourth-order valence-corrected chi connectivity index (χ4v) is 0.105. The number of nitriles is 1. The molecule has 0 aliphatic rings. The molecule has 0 saturated heterocycles. The van der Waals surface area contributed by atoms with Crippen molar-refractivity contribution in [1.29, 1.82) is 5.26 Å². The Balaban J connectivity index is 2.88. The van der Waals surface area contributed by atoms with Gasteiger partial charge in [0.15, 0.2) is 0 Å². The minimum atomic E-state index is -0.713. The molecule has 0 aromatic rings. The lowest BCUT2D eigenvalue weighted by molar-refractivity contribution is 0.226. The Kier molecular flexibility index (Phi) is 2.43. The molecular formula is C4H6NO. The summed E-state index contributed by atoms with van der Waals surface area (Å²) in [5.41, 5.74) is 0. The Hall–Kier alpha value is -0.550. The number of aliphatic hydroxyl groups excluding tert-OH is 1. The van der Waals surface area contributed by atoms with Gasteiger partial charge in [-0.1, -0.05) is 0 Å². The van der Waals surface area contributed by atoms with E-state index in [-0.39, 0.29) is 6.42 Å². The first-order valence-electron chi connectivity index (χ1n) is 1.65. The van der Waals surface area contributed by atoms with Gasteiger partial charge in [-0.25, -0.2) is 0 Å². The Morgan fingerprint density at radius 3 is 2.50 bits per heavy atom. The molecule has 0 aromatic heterocycles. The zero-order valence-corrected chi connectivity index (χ0v) is 3.39. The summed E-state index contributed by atoms with van der Waals surface area (Å²) in [7, 11) is 0. The number of rotatable bonds is 1. The number of nitrogens with zero attached hydrogens (tertiary/aromatic N) is 1. The van der Waals surface area contributed by atoms with E-state index in [9.17, 15) is 0 Å². The highest BCUT2D eigenvalue weighted by molar-refractivity contribution is 4.75. The monoisotopic (exact) mass is 84.0 g/mol. The molecule has 0 spiro atoms. The van der Waals surface area contributed by atoms with Crippen LogP contribution in [0.1, 0.15) is 6.42 Å². The Bertz CT molecular complexity index is 62.4. The van der Waals surface area contributed by atoms with Crippen molar-refractivity contribution in [3.63, 3.8) is 0 Å². The van der Waals surface area contributed by atoms with E-state index in [1.807, 2.05) is 0 Å². The predicted molar refractivity (Wildman–Crippen MR) is 21.6 cm³/mol. The SMILES string of the molecule is [CH2]C(O)CC#N. The molecule has 1 radical (unpaired) electrons.